The fraction of sp³-hybridized carbons (Fsp3) is 0. The fourth-order valence-corrected chi connectivity index (χ4v) is 7.10. The molecule has 0 radical (unpaired) electrons. The maximum atomic E-state index is 5.20. The van der Waals surface area contributed by atoms with Crippen LogP contribution in [0, 0.1) is 0 Å². The molecular formula is C50H32N6. The SMILES string of the molecule is c1ccc(-c2ccc(-c3nc(-c4ccccc4)nc(-c4cccc(-c5ccc6ccc7c(-c8ccccc8)nc(-c8ccccc8)nc7c6c5)n4)n3)cc2)cc1. The molecule has 10 rings (SSSR count). The lowest BCUT2D eigenvalue weighted by molar-refractivity contribution is 1.06. The van der Waals surface area contributed by atoms with E-state index < -0.39 is 0 Å². The molecule has 0 unspecified atom stereocenters. The molecule has 0 saturated carbocycles. The number of hydrogen-bond acceptors (Lipinski definition) is 6. The van der Waals surface area contributed by atoms with E-state index >= 15 is 0 Å². The topological polar surface area (TPSA) is 77.3 Å². The van der Waals surface area contributed by atoms with E-state index in [-0.39, 0.29) is 0 Å². The molecule has 0 aliphatic heterocycles. The Morgan fingerprint density at radius 2 is 0.714 bits per heavy atom. The van der Waals surface area contributed by atoms with Crippen molar-refractivity contribution >= 4 is 21.7 Å². The highest BCUT2D eigenvalue weighted by Crippen LogP contribution is 2.35. The minimum atomic E-state index is 0.502. The number of nitrogens with zero attached hydrogens (tertiary/aromatic N) is 6. The third-order valence-corrected chi connectivity index (χ3v) is 9.95. The number of fused-ring (bicyclic) bond motifs is 3. The van der Waals surface area contributed by atoms with Gasteiger partial charge in [-0.25, -0.2) is 29.9 Å². The van der Waals surface area contributed by atoms with Gasteiger partial charge in [-0.3, -0.25) is 0 Å². The highest BCUT2D eigenvalue weighted by Gasteiger charge is 2.17. The van der Waals surface area contributed by atoms with Crippen molar-refractivity contribution in [1.82, 2.24) is 29.9 Å². The number of hydrogen-bond donors (Lipinski definition) is 0. The van der Waals surface area contributed by atoms with E-state index in [0.717, 1.165) is 72.0 Å². The van der Waals surface area contributed by atoms with Crippen molar-refractivity contribution in [2.24, 2.45) is 0 Å². The van der Waals surface area contributed by atoms with Gasteiger partial charge in [0.1, 0.15) is 5.69 Å². The van der Waals surface area contributed by atoms with Gasteiger partial charge in [-0.2, -0.15) is 0 Å². The van der Waals surface area contributed by atoms with Crippen molar-refractivity contribution < 1.29 is 0 Å². The number of pyridine rings is 1. The highest BCUT2D eigenvalue weighted by atomic mass is 15.0. The monoisotopic (exact) mass is 716 g/mol. The molecule has 262 valence electrons. The maximum absolute atomic E-state index is 5.20. The summed E-state index contributed by atoms with van der Waals surface area (Å²) in [5.41, 5.74) is 10.3. The third kappa shape index (κ3) is 6.35. The molecule has 0 atom stereocenters. The second kappa shape index (κ2) is 14.3. The van der Waals surface area contributed by atoms with E-state index in [1.54, 1.807) is 0 Å². The van der Waals surface area contributed by atoms with Crippen molar-refractivity contribution in [2.45, 2.75) is 0 Å². The first kappa shape index (κ1) is 32.9. The van der Waals surface area contributed by atoms with Gasteiger partial charge < -0.3 is 0 Å². The second-order valence-electron chi connectivity index (χ2n) is 13.5. The molecule has 0 N–H and O–H groups in total. The zero-order valence-electron chi connectivity index (χ0n) is 30.2. The van der Waals surface area contributed by atoms with Gasteiger partial charge in [0, 0.05) is 38.6 Å². The molecule has 56 heavy (non-hydrogen) atoms. The Balaban J connectivity index is 1.09. The van der Waals surface area contributed by atoms with Crippen molar-refractivity contribution in [2.75, 3.05) is 0 Å². The molecule has 0 aliphatic carbocycles. The summed E-state index contributed by atoms with van der Waals surface area (Å²) in [6.45, 7) is 0. The second-order valence-corrected chi connectivity index (χ2v) is 13.5. The van der Waals surface area contributed by atoms with Gasteiger partial charge in [-0.1, -0.05) is 170 Å². The largest absolute Gasteiger partial charge is 0.244 e. The van der Waals surface area contributed by atoms with E-state index in [1.807, 2.05) is 103 Å². The summed E-state index contributed by atoms with van der Waals surface area (Å²) in [5.74, 6) is 2.36. The summed E-state index contributed by atoms with van der Waals surface area (Å²) in [4.78, 5) is 30.4. The van der Waals surface area contributed by atoms with Gasteiger partial charge in [0.05, 0.1) is 16.9 Å². The van der Waals surface area contributed by atoms with E-state index in [9.17, 15) is 0 Å². The van der Waals surface area contributed by atoms with Crippen LogP contribution in [0.15, 0.2) is 194 Å². The van der Waals surface area contributed by atoms with Crippen molar-refractivity contribution in [3.63, 3.8) is 0 Å². The lowest BCUT2D eigenvalue weighted by Crippen LogP contribution is -2.01. The zero-order valence-corrected chi connectivity index (χ0v) is 30.2. The first-order chi connectivity index (χ1) is 27.7. The number of aromatic nitrogens is 6. The van der Waals surface area contributed by atoms with E-state index in [4.69, 9.17) is 29.9 Å². The lowest BCUT2D eigenvalue weighted by atomic mass is 9.99. The summed E-state index contributed by atoms with van der Waals surface area (Å²) >= 11 is 0. The lowest BCUT2D eigenvalue weighted by Gasteiger charge is -2.13. The van der Waals surface area contributed by atoms with Crippen LogP contribution >= 0.6 is 0 Å². The number of benzene rings is 7. The molecular weight excluding hydrogens is 685 g/mol. The van der Waals surface area contributed by atoms with E-state index in [0.29, 0.717) is 29.0 Å². The van der Waals surface area contributed by atoms with Gasteiger partial charge in [0.15, 0.2) is 23.3 Å². The zero-order chi connectivity index (χ0) is 37.3. The first-order valence-electron chi connectivity index (χ1n) is 18.5. The quantitative estimate of drug-likeness (QED) is 0.153. The van der Waals surface area contributed by atoms with Crippen LogP contribution in [-0.4, -0.2) is 29.9 Å². The minimum absolute atomic E-state index is 0.502. The van der Waals surface area contributed by atoms with Crippen molar-refractivity contribution in [3.8, 4) is 79.3 Å². The van der Waals surface area contributed by atoms with Gasteiger partial charge in [-0.15, -0.1) is 0 Å². The average Bonchev–Trinajstić information content (AvgIpc) is 3.29. The molecule has 6 heteroatoms. The van der Waals surface area contributed by atoms with Gasteiger partial charge in [-0.05, 0) is 40.8 Å². The van der Waals surface area contributed by atoms with Gasteiger partial charge in [0.2, 0.25) is 0 Å². The van der Waals surface area contributed by atoms with E-state index in [1.165, 1.54) is 0 Å². The van der Waals surface area contributed by atoms with Gasteiger partial charge >= 0.3 is 0 Å². The predicted molar refractivity (Wildman–Crippen MR) is 226 cm³/mol. The molecule has 0 aliphatic rings. The molecule has 6 nitrogen and oxygen atoms in total. The molecule has 7 aromatic carbocycles. The Kier molecular flexibility index (Phi) is 8.39. The van der Waals surface area contributed by atoms with Crippen LogP contribution < -0.4 is 0 Å². The maximum Gasteiger partial charge on any atom is 0.182 e. The van der Waals surface area contributed by atoms with Crippen LogP contribution in [0.3, 0.4) is 0 Å². The van der Waals surface area contributed by atoms with Crippen LogP contribution in [0.4, 0.5) is 0 Å². The molecule has 0 amide bonds. The predicted octanol–water partition coefficient (Wildman–Crippen LogP) is 12.0. The molecule has 10 aromatic rings. The number of rotatable bonds is 7. The summed E-state index contributed by atoms with van der Waals surface area (Å²) in [6, 6.07) is 65.9. The summed E-state index contributed by atoms with van der Waals surface area (Å²) in [7, 11) is 0. The highest BCUT2D eigenvalue weighted by molar-refractivity contribution is 6.10. The Bertz CT molecular complexity index is 2990. The molecule has 3 aromatic heterocycles. The molecule has 0 saturated heterocycles. The summed E-state index contributed by atoms with van der Waals surface area (Å²) < 4.78 is 0. The van der Waals surface area contributed by atoms with Crippen LogP contribution in [0.5, 0.6) is 0 Å². The van der Waals surface area contributed by atoms with Crippen LogP contribution in [0.25, 0.3) is 101 Å². The van der Waals surface area contributed by atoms with E-state index in [2.05, 4.69) is 91.0 Å². The minimum Gasteiger partial charge on any atom is -0.244 e. The fourth-order valence-electron chi connectivity index (χ4n) is 7.10. The summed E-state index contributed by atoms with van der Waals surface area (Å²) in [6.07, 6.45) is 0. The first-order valence-corrected chi connectivity index (χ1v) is 18.5. The molecule has 0 spiro atoms. The van der Waals surface area contributed by atoms with Crippen LogP contribution in [-0.2, 0) is 0 Å². The van der Waals surface area contributed by atoms with Gasteiger partial charge in [0.25, 0.3) is 0 Å². The Labute approximate surface area is 324 Å². The van der Waals surface area contributed by atoms with Crippen LogP contribution in [0.2, 0.25) is 0 Å². The molecule has 0 fully saturated rings. The Hall–Kier alpha value is -7.70. The standard InChI is InChI=1S/C50H32N6/c1-5-14-33(15-6-1)34-24-27-39(28-25-34)49-54-48(38-20-11-4-12-21-38)55-50(56-49)44-23-13-22-43(51-44)40-29-26-35-30-31-41-45(36-16-7-2-8-17-36)52-47(37-18-9-3-10-19-37)53-46(41)42(35)32-40/h1-32H. The Morgan fingerprint density at radius 3 is 1.36 bits per heavy atom. The average molecular weight is 717 g/mol. The van der Waals surface area contributed by atoms with Crippen molar-refractivity contribution in [1.29, 1.82) is 0 Å². The van der Waals surface area contributed by atoms with Crippen molar-refractivity contribution in [3.05, 3.63) is 194 Å². The third-order valence-electron chi connectivity index (χ3n) is 9.95. The Morgan fingerprint density at radius 1 is 0.250 bits per heavy atom. The molecule has 3 heterocycles. The summed E-state index contributed by atoms with van der Waals surface area (Å²) in [5, 5.41) is 3.10. The molecule has 0 bridgehead atoms. The normalized spacial score (nSPS) is 11.2. The smallest absolute Gasteiger partial charge is 0.182 e. The van der Waals surface area contributed by atoms with Crippen LogP contribution in [0.1, 0.15) is 0 Å².